The predicted molar refractivity (Wildman–Crippen MR) is 97.6 cm³/mol. The van der Waals surface area contributed by atoms with Gasteiger partial charge in [0.1, 0.15) is 5.82 Å². The molecular weight excluding hydrogens is 373 g/mol. The standard InChI is InChI=1S/C19H15F3N4O2/c1-11-2-7-14(26(27)28)10-16(11)25-18-15(8-9-23-18)17(24-25)12-3-5-13(6-4-12)19(20,21)22/h2-7,10,23H,8-9H2,1H3. The highest BCUT2D eigenvalue weighted by molar-refractivity contribution is 5.73. The van der Waals surface area contributed by atoms with Crippen molar-refractivity contribution in [2.45, 2.75) is 19.5 Å². The van der Waals surface area contributed by atoms with Crippen molar-refractivity contribution in [2.24, 2.45) is 0 Å². The highest BCUT2D eigenvalue weighted by Gasteiger charge is 2.31. The van der Waals surface area contributed by atoms with Crippen LogP contribution in [0.5, 0.6) is 0 Å². The fourth-order valence-electron chi connectivity index (χ4n) is 3.34. The van der Waals surface area contributed by atoms with Gasteiger partial charge in [0.25, 0.3) is 5.69 Å². The van der Waals surface area contributed by atoms with Gasteiger partial charge in [0, 0.05) is 29.8 Å². The smallest absolute Gasteiger partial charge is 0.369 e. The van der Waals surface area contributed by atoms with E-state index in [0.29, 0.717) is 35.7 Å². The third kappa shape index (κ3) is 2.98. The Hall–Kier alpha value is -3.36. The molecule has 3 aromatic rings. The zero-order chi connectivity index (χ0) is 20.1. The first-order chi connectivity index (χ1) is 13.3. The molecule has 1 aliphatic heterocycles. The van der Waals surface area contributed by atoms with Gasteiger partial charge < -0.3 is 5.32 Å². The van der Waals surface area contributed by atoms with Crippen LogP contribution in [0.3, 0.4) is 0 Å². The van der Waals surface area contributed by atoms with Gasteiger partial charge in [0.15, 0.2) is 0 Å². The summed E-state index contributed by atoms with van der Waals surface area (Å²) >= 11 is 0. The summed E-state index contributed by atoms with van der Waals surface area (Å²) in [7, 11) is 0. The summed E-state index contributed by atoms with van der Waals surface area (Å²) in [6.45, 7) is 2.48. The van der Waals surface area contributed by atoms with Crippen molar-refractivity contribution in [3.63, 3.8) is 0 Å². The Morgan fingerprint density at radius 2 is 1.89 bits per heavy atom. The molecule has 2 heterocycles. The van der Waals surface area contributed by atoms with Crippen LogP contribution < -0.4 is 5.32 Å². The lowest BCUT2D eigenvalue weighted by Crippen LogP contribution is -2.06. The molecule has 0 radical (unpaired) electrons. The Morgan fingerprint density at radius 3 is 2.54 bits per heavy atom. The summed E-state index contributed by atoms with van der Waals surface area (Å²) in [6, 6.07) is 9.37. The number of halogens is 3. The maximum Gasteiger partial charge on any atom is 0.416 e. The Morgan fingerprint density at radius 1 is 1.18 bits per heavy atom. The molecule has 0 unspecified atom stereocenters. The molecule has 1 N–H and O–H groups in total. The van der Waals surface area contributed by atoms with E-state index in [1.165, 1.54) is 24.3 Å². The Kier molecular flexibility index (Phi) is 4.10. The van der Waals surface area contributed by atoms with E-state index in [1.54, 1.807) is 10.7 Å². The van der Waals surface area contributed by atoms with Crippen LogP contribution in [0.25, 0.3) is 16.9 Å². The topological polar surface area (TPSA) is 73.0 Å². The number of hydrogen-bond acceptors (Lipinski definition) is 4. The van der Waals surface area contributed by atoms with E-state index in [9.17, 15) is 23.3 Å². The number of benzene rings is 2. The Balaban J connectivity index is 1.83. The lowest BCUT2D eigenvalue weighted by Gasteiger charge is -2.09. The summed E-state index contributed by atoms with van der Waals surface area (Å²) in [5.74, 6) is 0.707. The molecule has 0 aliphatic carbocycles. The number of aryl methyl sites for hydroxylation is 1. The van der Waals surface area contributed by atoms with Crippen LogP contribution in [-0.2, 0) is 12.6 Å². The second-order valence-corrected chi connectivity index (χ2v) is 6.57. The van der Waals surface area contributed by atoms with Crippen molar-refractivity contribution in [2.75, 3.05) is 11.9 Å². The average Bonchev–Trinajstić information content (AvgIpc) is 3.24. The van der Waals surface area contributed by atoms with Crippen LogP contribution in [0, 0.1) is 17.0 Å². The first-order valence-corrected chi connectivity index (χ1v) is 8.54. The summed E-state index contributed by atoms with van der Waals surface area (Å²) in [6.07, 6.45) is -3.73. The number of nitrogens with one attached hydrogen (secondary N) is 1. The molecule has 1 aromatic heterocycles. The number of nitro groups is 1. The molecule has 0 saturated heterocycles. The minimum Gasteiger partial charge on any atom is -0.369 e. The van der Waals surface area contributed by atoms with Gasteiger partial charge in [-0.2, -0.15) is 18.3 Å². The molecule has 0 saturated carbocycles. The molecule has 28 heavy (non-hydrogen) atoms. The molecule has 0 spiro atoms. The second-order valence-electron chi connectivity index (χ2n) is 6.57. The van der Waals surface area contributed by atoms with E-state index in [-0.39, 0.29) is 5.69 Å². The predicted octanol–water partition coefficient (Wildman–Crippen LogP) is 4.74. The zero-order valence-corrected chi connectivity index (χ0v) is 14.7. The third-order valence-electron chi connectivity index (χ3n) is 4.77. The fourth-order valence-corrected chi connectivity index (χ4v) is 3.34. The minimum absolute atomic E-state index is 0.0565. The van der Waals surface area contributed by atoms with Gasteiger partial charge >= 0.3 is 6.18 Å². The van der Waals surface area contributed by atoms with Crippen LogP contribution >= 0.6 is 0 Å². The van der Waals surface area contributed by atoms with Gasteiger partial charge in [0.05, 0.1) is 21.9 Å². The van der Waals surface area contributed by atoms with Gasteiger partial charge in [0.2, 0.25) is 0 Å². The lowest BCUT2D eigenvalue weighted by atomic mass is 10.0. The van der Waals surface area contributed by atoms with E-state index in [2.05, 4.69) is 10.4 Å². The van der Waals surface area contributed by atoms with Crippen molar-refractivity contribution >= 4 is 11.5 Å². The number of nitrogens with zero attached hydrogens (tertiary/aromatic N) is 3. The van der Waals surface area contributed by atoms with Crippen LogP contribution in [0.1, 0.15) is 16.7 Å². The lowest BCUT2D eigenvalue weighted by molar-refractivity contribution is -0.384. The Labute approximate surface area is 157 Å². The number of anilines is 1. The molecule has 9 heteroatoms. The molecule has 0 fully saturated rings. The van der Waals surface area contributed by atoms with Crippen LogP contribution in [0.15, 0.2) is 42.5 Å². The number of aromatic nitrogens is 2. The maximum atomic E-state index is 12.8. The number of alkyl halides is 3. The van der Waals surface area contributed by atoms with Gasteiger partial charge in [-0.05, 0) is 31.0 Å². The maximum absolute atomic E-state index is 12.8. The minimum atomic E-state index is -4.40. The molecule has 0 amide bonds. The van der Waals surface area contributed by atoms with Crippen molar-refractivity contribution in [1.29, 1.82) is 0 Å². The molecule has 0 bridgehead atoms. The van der Waals surface area contributed by atoms with E-state index in [0.717, 1.165) is 23.3 Å². The second kappa shape index (κ2) is 6.36. The van der Waals surface area contributed by atoms with Gasteiger partial charge in [-0.3, -0.25) is 10.1 Å². The molecular formula is C19H15F3N4O2. The summed E-state index contributed by atoms with van der Waals surface area (Å²) in [4.78, 5) is 10.7. The molecule has 0 atom stereocenters. The number of non-ortho nitro benzene ring substituents is 1. The normalized spacial score (nSPS) is 13.3. The first-order valence-electron chi connectivity index (χ1n) is 8.54. The highest BCUT2D eigenvalue weighted by atomic mass is 19.4. The zero-order valence-electron chi connectivity index (χ0n) is 14.7. The van der Waals surface area contributed by atoms with Crippen molar-refractivity contribution in [3.8, 4) is 16.9 Å². The summed E-state index contributed by atoms with van der Waals surface area (Å²) in [5, 5.41) is 18.9. The number of hydrogen-bond donors (Lipinski definition) is 1. The van der Waals surface area contributed by atoms with Crippen molar-refractivity contribution in [1.82, 2.24) is 9.78 Å². The molecule has 6 nitrogen and oxygen atoms in total. The largest absolute Gasteiger partial charge is 0.416 e. The SMILES string of the molecule is Cc1ccc([N+](=O)[O-])cc1-n1nc(-c2ccc(C(F)(F)F)cc2)c2c1NCC2. The highest BCUT2D eigenvalue weighted by Crippen LogP contribution is 2.37. The fraction of sp³-hybridized carbons (Fsp3) is 0.211. The number of rotatable bonds is 3. The van der Waals surface area contributed by atoms with E-state index < -0.39 is 16.7 Å². The van der Waals surface area contributed by atoms with Gasteiger partial charge in [-0.1, -0.05) is 18.2 Å². The monoisotopic (exact) mass is 388 g/mol. The van der Waals surface area contributed by atoms with Crippen LogP contribution in [-0.4, -0.2) is 21.2 Å². The van der Waals surface area contributed by atoms with Crippen molar-refractivity contribution < 1.29 is 18.1 Å². The van der Waals surface area contributed by atoms with E-state index >= 15 is 0 Å². The Bertz CT molecular complexity index is 1070. The average molecular weight is 388 g/mol. The van der Waals surface area contributed by atoms with Crippen LogP contribution in [0.4, 0.5) is 24.7 Å². The molecule has 4 rings (SSSR count). The number of nitro benzene ring substituents is 1. The number of fused-ring (bicyclic) bond motifs is 1. The molecule has 2 aromatic carbocycles. The van der Waals surface area contributed by atoms with Crippen molar-refractivity contribution in [3.05, 3.63) is 69.3 Å². The molecule has 1 aliphatic rings. The quantitative estimate of drug-likeness (QED) is 0.519. The molecule has 144 valence electrons. The van der Waals surface area contributed by atoms with E-state index in [1.807, 2.05) is 6.92 Å². The van der Waals surface area contributed by atoms with Crippen LogP contribution in [0.2, 0.25) is 0 Å². The van der Waals surface area contributed by atoms with Gasteiger partial charge in [-0.15, -0.1) is 0 Å². The van der Waals surface area contributed by atoms with E-state index in [4.69, 9.17) is 0 Å². The van der Waals surface area contributed by atoms with Gasteiger partial charge in [-0.25, -0.2) is 4.68 Å². The summed E-state index contributed by atoms with van der Waals surface area (Å²) < 4.78 is 40.1. The third-order valence-corrected chi connectivity index (χ3v) is 4.77. The summed E-state index contributed by atoms with van der Waals surface area (Å²) in [5.41, 5.74) is 2.58. The first kappa shape index (κ1) is 18.0.